The fourth-order valence-corrected chi connectivity index (χ4v) is 4.35. The summed E-state index contributed by atoms with van der Waals surface area (Å²) in [4.78, 5) is 69.6. The molecule has 0 unspecified atom stereocenters. The fraction of sp³-hybridized carbons (Fsp3) is 0.571. The Balaban J connectivity index is 3.15. The van der Waals surface area contributed by atoms with E-state index in [-0.39, 0.29) is 44.1 Å². The van der Waals surface area contributed by atoms with Gasteiger partial charge in [-0.2, -0.15) is 0 Å². The highest BCUT2D eigenvalue weighted by Gasteiger charge is 2.37. The van der Waals surface area contributed by atoms with Gasteiger partial charge in [0.15, 0.2) is 5.96 Å². The van der Waals surface area contributed by atoms with Gasteiger partial charge in [-0.05, 0) is 58.8 Å². The van der Waals surface area contributed by atoms with E-state index in [0.29, 0.717) is 25.8 Å². The molecule has 0 saturated carbocycles. The van der Waals surface area contributed by atoms with Gasteiger partial charge in [0.2, 0.25) is 23.6 Å². The van der Waals surface area contributed by atoms with Gasteiger partial charge in [-0.15, -0.1) is 13.2 Å². The topological polar surface area (TPSA) is 235 Å². The molecule has 0 bridgehead atoms. The molecule has 0 aromatic rings. The number of nitrogens with two attached hydrogens (primary N) is 3. The third kappa shape index (κ3) is 12.1. The predicted molar refractivity (Wildman–Crippen MR) is 160 cm³/mol. The number of aliphatic imine (C=N–C) groups is 1. The van der Waals surface area contributed by atoms with E-state index in [1.54, 1.807) is 6.08 Å². The number of carbonyl (C=O) groups excluding carboxylic acids is 4. The molecule has 1 aliphatic rings. The number of amides is 4. The average Bonchev–Trinajstić information content (AvgIpc) is 3.41. The number of hydrogen-bond donors (Lipinski definition) is 7. The minimum Gasteiger partial charge on any atom is -0.480 e. The maximum absolute atomic E-state index is 13.5. The molecule has 1 rings (SSSR count). The Kier molecular flexibility index (Phi) is 15.6. The average molecular weight is 591 g/mol. The molecule has 10 N–H and O–H groups in total. The smallest absolute Gasteiger partial charge is 0.326 e. The van der Waals surface area contributed by atoms with Gasteiger partial charge in [-0.1, -0.05) is 23.8 Å². The van der Waals surface area contributed by atoms with Crippen LogP contribution in [0.5, 0.6) is 0 Å². The highest BCUT2D eigenvalue weighted by atomic mass is 16.4. The van der Waals surface area contributed by atoms with Crippen LogP contribution in [0, 0.1) is 0 Å². The lowest BCUT2D eigenvalue weighted by molar-refractivity contribution is -0.142. The fourth-order valence-electron chi connectivity index (χ4n) is 4.35. The molecule has 0 radical (unpaired) electrons. The first-order valence-corrected chi connectivity index (χ1v) is 13.9. The minimum absolute atomic E-state index is 0.0257. The van der Waals surface area contributed by atoms with Crippen LogP contribution in [0.4, 0.5) is 0 Å². The van der Waals surface area contributed by atoms with E-state index in [0.717, 1.165) is 5.57 Å². The summed E-state index contributed by atoms with van der Waals surface area (Å²) in [6.45, 7) is 11.3. The van der Waals surface area contributed by atoms with Crippen molar-refractivity contribution < 1.29 is 29.1 Å². The number of hydrogen-bond acceptors (Lipinski definition) is 7. The number of allylic oxidation sites excluding steroid dienone is 1. The Morgan fingerprint density at radius 1 is 0.976 bits per heavy atom. The van der Waals surface area contributed by atoms with Crippen LogP contribution in [0.2, 0.25) is 0 Å². The van der Waals surface area contributed by atoms with E-state index in [1.165, 1.54) is 17.1 Å². The van der Waals surface area contributed by atoms with E-state index < -0.39 is 53.9 Å². The summed E-state index contributed by atoms with van der Waals surface area (Å²) in [7, 11) is 0. The van der Waals surface area contributed by atoms with Gasteiger partial charge < -0.3 is 43.2 Å². The zero-order chi connectivity index (χ0) is 31.8. The minimum atomic E-state index is -1.26. The van der Waals surface area contributed by atoms with Crippen molar-refractivity contribution in [2.24, 2.45) is 22.2 Å². The van der Waals surface area contributed by atoms with Crippen LogP contribution in [-0.2, 0) is 24.0 Å². The van der Waals surface area contributed by atoms with Crippen molar-refractivity contribution in [3.05, 3.63) is 37.0 Å². The number of carboxylic acids is 1. The summed E-state index contributed by atoms with van der Waals surface area (Å²) in [6.07, 6.45) is 6.40. The van der Waals surface area contributed by atoms with Crippen molar-refractivity contribution in [1.82, 2.24) is 20.9 Å². The van der Waals surface area contributed by atoms with Crippen LogP contribution in [0.25, 0.3) is 0 Å². The largest absolute Gasteiger partial charge is 0.480 e. The molecule has 0 aromatic carbocycles. The molecule has 234 valence electrons. The first kappa shape index (κ1) is 35.8. The maximum atomic E-state index is 13.5. The number of likely N-dealkylation sites (tertiary alicyclic amines) is 1. The van der Waals surface area contributed by atoms with Crippen molar-refractivity contribution in [1.29, 1.82) is 0 Å². The molecule has 0 spiro atoms. The van der Waals surface area contributed by atoms with Gasteiger partial charge in [0.05, 0.1) is 6.04 Å². The van der Waals surface area contributed by atoms with Crippen LogP contribution in [0.1, 0.15) is 58.8 Å². The van der Waals surface area contributed by atoms with Crippen LogP contribution in [0.15, 0.2) is 42.0 Å². The normalized spacial score (nSPS) is 17.0. The van der Waals surface area contributed by atoms with Gasteiger partial charge in [-0.25, -0.2) is 4.79 Å². The molecular weight excluding hydrogens is 544 g/mol. The van der Waals surface area contributed by atoms with E-state index >= 15 is 0 Å². The van der Waals surface area contributed by atoms with Crippen molar-refractivity contribution in [2.45, 2.75) is 89.0 Å². The molecule has 42 heavy (non-hydrogen) atoms. The highest BCUT2D eigenvalue weighted by molar-refractivity contribution is 5.95. The lowest BCUT2D eigenvalue weighted by Crippen LogP contribution is -2.58. The number of carboxylic acid groups (broad SMARTS) is 1. The van der Waals surface area contributed by atoms with E-state index in [9.17, 15) is 29.1 Å². The monoisotopic (exact) mass is 590 g/mol. The lowest BCUT2D eigenvalue weighted by atomic mass is 10.1. The first-order valence-electron chi connectivity index (χ1n) is 13.9. The lowest BCUT2D eigenvalue weighted by Gasteiger charge is -2.28. The van der Waals surface area contributed by atoms with Gasteiger partial charge in [0.1, 0.15) is 24.2 Å². The highest BCUT2D eigenvalue weighted by Crippen LogP contribution is 2.19. The first-order chi connectivity index (χ1) is 19.8. The van der Waals surface area contributed by atoms with Gasteiger partial charge in [0, 0.05) is 13.1 Å². The molecule has 5 atom stereocenters. The Morgan fingerprint density at radius 2 is 1.60 bits per heavy atom. The summed E-state index contributed by atoms with van der Waals surface area (Å²) in [5.74, 6) is -3.66. The second-order valence-corrected chi connectivity index (χ2v) is 10.3. The van der Waals surface area contributed by atoms with Crippen molar-refractivity contribution in [2.75, 3.05) is 13.1 Å². The maximum Gasteiger partial charge on any atom is 0.326 e. The molecule has 4 amide bonds. The van der Waals surface area contributed by atoms with Crippen molar-refractivity contribution in [3.8, 4) is 0 Å². The molecule has 14 heteroatoms. The molecular formula is C28H46N8O6. The number of guanidine groups is 1. The van der Waals surface area contributed by atoms with E-state index in [1.807, 2.05) is 13.8 Å². The van der Waals surface area contributed by atoms with Gasteiger partial charge in [-0.3, -0.25) is 24.2 Å². The number of nitrogens with zero attached hydrogens (tertiary/aromatic N) is 2. The molecule has 1 fully saturated rings. The molecule has 1 aliphatic heterocycles. The zero-order valence-electron chi connectivity index (χ0n) is 24.5. The third-order valence-corrected chi connectivity index (χ3v) is 6.57. The van der Waals surface area contributed by atoms with Crippen LogP contribution in [-0.4, -0.2) is 88.9 Å². The Labute approximate surface area is 246 Å². The Bertz CT molecular complexity index is 1050. The number of rotatable bonds is 18. The molecule has 1 saturated heterocycles. The summed E-state index contributed by atoms with van der Waals surface area (Å²) in [5.41, 5.74) is 17.6. The summed E-state index contributed by atoms with van der Waals surface area (Å²) < 4.78 is 0. The Hall–Kier alpha value is -4.20. The quantitative estimate of drug-likeness (QED) is 0.0466. The van der Waals surface area contributed by atoms with Crippen molar-refractivity contribution >= 4 is 35.6 Å². The van der Waals surface area contributed by atoms with E-state index in [2.05, 4.69) is 34.1 Å². The molecule has 14 nitrogen and oxygen atoms in total. The summed E-state index contributed by atoms with van der Waals surface area (Å²) in [5, 5.41) is 17.2. The number of aliphatic carboxylic acids is 1. The molecule has 0 aliphatic carbocycles. The zero-order valence-corrected chi connectivity index (χ0v) is 24.5. The van der Waals surface area contributed by atoms with Crippen LogP contribution in [0.3, 0.4) is 0 Å². The standard InChI is InChI=1S/C28H46N8O6/c1-5-9-18(29)26(40)36-16-8-12-22(36)25(39)34-20(14-13-17(3)4)24(38)33-19(11-7-15-32-28(30)31)23(37)35-21(10-6-2)27(41)42/h5-6,13,18-22H,1-2,7-12,14-16,29H2,3-4H3,(H,33,38)(H,34,39)(H,35,37)(H,41,42)(H4,30,31,32)/t18-,19-,20-,21-,22-/m0/s1. The second-order valence-electron chi connectivity index (χ2n) is 10.3. The van der Waals surface area contributed by atoms with Crippen LogP contribution >= 0.6 is 0 Å². The molecule has 1 heterocycles. The SMILES string of the molecule is C=CC[C@H](NC(=O)[C@H](CCCN=C(N)N)NC(=O)[C@H](CC=C(C)C)NC(=O)[C@@H]1CCCN1C(=O)[C@@H](N)CC=C)C(=O)O. The van der Waals surface area contributed by atoms with Gasteiger partial charge in [0.25, 0.3) is 0 Å². The third-order valence-electron chi connectivity index (χ3n) is 6.57. The molecule has 0 aromatic heterocycles. The van der Waals surface area contributed by atoms with E-state index in [4.69, 9.17) is 17.2 Å². The second kappa shape index (κ2) is 18.3. The summed E-state index contributed by atoms with van der Waals surface area (Å²) in [6, 6.07) is -5.10. The summed E-state index contributed by atoms with van der Waals surface area (Å²) >= 11 is 0. The van der Waals surface area contributed by atoms with Gasteiger partial charge >= 0.3 is 5.97 Å². The Morgan fingerprint density at radius 3 is 2.17 bits per heavy atom. The number of nitrogens with one attached hydrogen (secondary N) is 3. The van der Waals surface area contributed by atoms with Crippen LogP contribution < -0.4 is 33.2 Å². The predicted octanol–water partition coefficient (Wildman–Crippen LogP) is -0.594. The number of carbonyl (C=O) groups is 5. The van der Waals surface area contributed by atoms with Crippen molar-refractivity contribution in [3.63, 3.8) is 0 Å².